The fourth-order valence-electron chi connectivity index (χ4n) is 4.98. The van der Waals surface area contributed by atoms with Gasteiger partial charge in [0.2, 0.25) is 5.43 Å². The fourth-order valence-corrected chi connectivity index (χ4v) is 4.98. The summed E-state index contributed by atoms with van der Waals surface area (Å²) < 4.78 is 28.2. The molecule has 0 saturated heterocycles. The van der Waals surface area contributed by atoms with E-state index in [0.717, 1.165) is 11.3 Å². The molecule has 0 bridgehead atoms. The van der Waals surface area contributed by atoms with E-state index in [1.165, 1.54) is 13.4 Å². The van der Waals surface area contributed by atoms with Gasteiger partial charge in [-0.1, -0.05) is 24.3 Å². The Balaban J connectivity index is 1.37. The minimum absolute atomic E-state index is 0.112. The van der Waals surface area contributed by atoms with Crippen LogP contribution >= 0.6 is 0 Å². The average molecular weight is 536 g/mol. The van der Waals surface area contributed by atoms with Crippen molar-refractivity contribution in [2.75, 3.05) is 14.2 Å². The highest BCUT2D eigenvalue weighted by atomic mass is 16.5. The maximum Gasteiger partial charge on any atom is 0.312 e. The number of carbonyl (C=O) groups is 1. The lowest BCUT2D eigenvalue weighted by Crippen LogP contribution is -2.22. The van der Waals surface area contributed by atoms with Crippen LogP contribution in [0.15, 0.2) is 94.5 Å². The lowest BCUT2D eigenvalue weighted by molar-refractivity contribution is -0.135. The lowest BCUT2D eigenvalue weighted by atomic mass is 9.85. The second-order valence-electron chi connectivity index (χ2n) is 9.31. The van der Waals surface area contributed by atoms with Crippen LogP contribution in [0.4, 0.5) is 0 Å². The number of nitrogens with zero attached hydrogens (tertiary/aromatic N) is 1. The van der Waals surface area contributed by atoms with Gasteiger partial charge in [-0.15, -0.1) is 0 Å². The molecule has 200 valence electrons. The highest BCUT2D eigenvalue weighted by Crippen LogP contribution is 2.43. The lowest BCUT2D eigenvalue weighted by Gasteiger charge is -2.25. The molecule has 8 heteroatoms. The predicted octanol–water partition coefficient (Wildman–Crippen LogP) is 5.89. The molecule has 6 rings (SSSR count). The van der Waals surface area contributed by atoms with Gasteiger partial charge in [-0.3, -0.25) is 14.6 Å². The Kier molecular flexibility index (Phi) is 6.66. The summed E-state index contributed by atoms with van der Waals surface area (Å²) in [5, 5.41) is 0.393. The van der Waals surface area contributed by atoms with E-state index < -0.39 is 0 Å². The highest BCUT2D eigenvalue weighted by Gasteiger charge is 2.32. The van der Waals surface area contributed by atoms with Crippen LogP contribution in [-0.4, -0.2) is 25.2 Å². The van der Waals surface area contributed by atoms with Crippen LogP contribution in [0.2, 0.25) is 0 Å². The largest absolute Gasteiger partial charge is 0.493 e. The number of fused-ring (bicyclic) bond motifs is 3. The smallest absolute Gasteiger partial charge is 0.312 e. The number of methoxy groups -OCH3 is 2. The zero-order chi connectivity index (χ0) is 27.6. The summed E-state index contributed by atoms with van der Waals surface area (Å²) in [4.78, 5) is 30.4. The van der Waals surface area contributed by atoms with E-state index in [4.69, 9.17) is 23.4 Å². The summed E-state index contributed by atoms with van der Waals surface area (Å²) >= 11 is 0. The van der Waals surface area contributed by atoms with Crippen molar-refractivity contribution in [2.24, 2.45) is 0 Å². The molecule has 40 heavy (non-hydrogen) atoms. The van der Waals surface area contributed by atoms with Crippen molar-refractivity contribution in [3.63, 3.8) is 0 Å². The third-order valence-electron chi connectivity index (χ3n) is 6.97. The van der Waals surface area contributed by atoms with Crippen LogP contribution in [0.5, 0.6) is 23.0 Å². The van der Waals surface area contributed by atoms with Crippen LogP contribution in [0.1, 0.15) is 29.2 Å². The normalized spacial score (nSPS) is 14.3. The first-order valence-electron chi connectivity index (χ1n) is 12.7. The molecule has 1 aliphatic heterocycles. The number of hydrogen-bond acceptors (Lipinski definition) is 8. The molecule has 0 fully saturated rings. The Morgan fingerprint density at radius 3 is 2.50 bits per heavy atom. The zero-order valence-electron chi connectivity index (χ0n) is 21.9. The molecule has 0 N–H and O–H groups in total. The molecule has 3 aromatic carbocycles. The van der Waals surface area contributed by atoms with E-state index in [2.05, 4.69) is 4.98 Å². The number of carbonyl (C=O) groups excluding carboxylic acids is 1. The van der Waals surface area contributed by atoms with Crippen molar-refractivity contribution in [3.8, 4) is 34.1 Å². The molecule has 1 unspecified atom stereocenters. The molecule has 0 radical (unpaired) electrons. The van der Waals surface area contributed by atoms with Crippen molar-refractivity contribution < 1.29 is 28.2 Å². The van der Waals surface area contributed by atoms with E-state index in [1.807, 2.05) is 42.5 Å². The van der Waals surface area contributed by atoms with Crippen LogP contribution < -0.4 is 24.4 Å². The number of rotatable bonds is 7. The maximum atomic E-state index is 13.6. The average Bonchev–Trinajstić information content (AvgIpc) is 3.00. The molecule has 0 saturated carbocycles. The van der Waals surface area contributed by atoms with Gasteiger partial charge in [0, 0.05) is 17.7 Å². The molecule has 0 spiro atoms. The summed E-state index contributed by atoms with van der Waals surface area (Å²) in [5.41, 5.74) is 3.56. The van der Waals surface area contributed by atoms with Crippen LogP contribution in [-0.2, 0) is 11.4 Å². The Hall–Kier alpha value is -5.11. The Bertz CT molecular complexity index is 1760. The van der Waals surface area contributed by atoms with Gasteiger partial charge in [0.15, 0.2) is 11.5 Å². The van der Waals surface area contributed by atoms with Gasteiger partial charge in [0.1, 0.15) is 30.0 Å². The molecule has 8 nitrogen and oxygen atoms in total. The number of aromatic nitrogens is 1. The molecular formula is C32H25NO7. The number of hydrogen-bond donors (Lipinski definition) is 0. The SMILES string of the molecule is COc1ccc(-c2coc3c4c(ccc3c2=O)OC(=O)CC4c2ccc(OCc3ccccn3)cc2)cc1OC. The van der Waals surface area contributed by atoms with Crippen molar-refractivity contribution in [1.29, 1.82) is 0 Å². The van der Waals surface area contributed by atoms with E-state index >= 15 is 0 Å². The molecule has 1 atom stereocenters. The van der Waals surface area contributed by atoms with Crippen LogP contribution in [0.25, 0.3) is 22.1 Å². The first-order valence-corrected chi connectivity index (χ1v) is 12.7. The van der Waals surface area contributed by atoms with Gasteiger partial charge in [0.25, 0.3) is 0 Å². The molecule has 1 aliphatic rings. The Morgan fingerprint density at radius 2 is 1.75 bits per heavy atom. The van der Waals surface area contributed by atoms with E-state index in [1.54, 1.807) is 43.6 Å². The first-order chi connectivity index (χ1) is 19.6. The number of pyridine rings is 1. The zero-order valence-corrected chi connectivity index (χ0v) is 21.9. The molecule has 5 aromatic rings. The fraction of sp³-hybridized carbons (Fsp3) is 0.156. The Labute approximate surface area is 229 Å². The molecule has 2 aromatic heterocycles. The third kappa shape index (κ3) is 4.64. The minimum atomic E-state index is -0.361. The van der Waals surface area contributed by atoms with Gasteiger partial charge in [-0.25, -0.2) is 0 Å². The van der Waals surface area contributed by atoms with Crippen molar-refractivity contribution >= 4 is 16.9 Å². The molecule has 0 aliphatic carbocycles. The minimum Gasteiger partial charge on any atom is -0.493 e. The van der Waals surface area contributed by atoms with Crippen molar-refractivity contribution in [3.05, 3.63) is 112 Å². The van der Waals surface area contributed by atoms with Crippen molar-refractivity contribution in [2.45, 2.75) is 18.9 Å². The van der Waals surface area contributed by atoms with Gasteiger partial charge < -0.3 is 23.4 Å². The highest BCUT2D eigenvalue weighted by molar-refractivity contribution is 5.90. The van der Waals surface area contributed by atoms with E-state index in [9.17, 15) is 9.59 Å². The predicted molar refractivity (Wildman–Crippen MR) is 148 cm³/mol. The van der Waals surface area contributed by atoms with Gasteiger partial charge in [0.05, 0.1) is 37.3 Å². The first kappa shape index (κ1) is 25.2. The van der Waals surface area contributed by atoms with Crippen molar-refractivity contribution in [1.82, 2.24) is 4.98 Å². The number of ether oxygens (including phenoxy) is 4. The van der Waals surface area contributed by atoms with Crippen LogP contribution in [0.3, 0.4) is 0 Å². The van der Waals surface area contributed by atoms with Gasteiger partial charge in [-0.05, 0) is 59.7 Å². The summed E-state index contributed by atoms with van der Waals surface area (Å²) in [6.07, 6.45) is 3.27. The van der Waals surface area contributed by atoms with E-state index in [-0.39, 0.29) is 23.7 Å². The second kappa shape index (κ2) is 10.6. The summed E-state index contributed by atoms with van der Waals surface area (Å²) in [5.74, 6) is 1.41. The second-order valence-corrected chi connectivity index (χ2v) is 9.31. The standard InChI is InChI=1S/C32H25NO7/c1-36-26-12-8-20(15-28(26)37-2)25-18-39-32-23(31(25)35)11-13-27-30(32)24(16-29(34)40-27)19-6-9-22(10-7-19)38-17-21-5-3-4-14-33-21/h3-15,18,24H,16-17H2,1-2H3. The van der Waals surface area contributed by atoms with Crippen LogP contribution in [0, 0.1) is 0 Å². The molecule has 3 heterocycles. The monoisotopic (exact) mass is 535 g/mol. The van der Waals surface area contributed by atoms with Gasteiger partial charge >= 0.3 is 5.97 Å². The molecule has 0 amide bonds. The number of benzene rings is 3. The maximum absolute atomic E-state index is 13.6. The summed E-state index contributed by atoms with van der Waals surface area (Å²) in [7, 11) is 3.09. The number of esters is 1. The quantitative estimate of drug-likeness (QED) is 0.188. The van der Waals surface area contributed by atoms with Gasteiger partial charge in [-0.2, -0.15) is 0 Å². The third-order valence-corrected chi connectivity index (χ3v) is 6.97. The summed E-state index contributed by atoms with van der Waals surface area (Å²) in [6, 6.07) is 21.7. The Morgan fingerprint density at radius 1 is 0.925 bits per heavy atom. The topological polar surface area (TPSA) is 97.1 Å². The summed E-state index contributed by atoms with van der Waals surface area (Å²) in [6.45, 7) is 0.344. The molecular weight excluding hydrogens is 510 g/mol. The van der Waals surface area contributed by atoms with E-state index in [0.29, 0.717) is 57.3 Å².